The maximum Gasteiger partial charge on any atom is 0.407 e. The molecule has 0 unspecified atom stereocenters. The fraction of sp³-hybridized carbons (Fsp3) is 0.500. The highest BCUT2D eigenvalue weighted by atomic mass is 16.6. The molecule has 8 nitrogen and oxygen atoms in total. The van der Waals surface area contributed by atoms with Crippen LogP contribution >= 0.6 is 0 Å². The van der Waals surface area contributed by atoms with E-state index in [-0.39, 0.29) is 24.8 Å². The number of nitrogens with one attached hydrogen (secondary N) is 3. The fourth-order valence-electron chi connectivity index (χ4n) is 1.90. The molecule has 0 aliphatic heterocycles. The van der Waals surface area contributed by atoms with E-state index in [1.165, 1.54) is 0 Å². The van der Waals surface area contributed by atoms with E-state index in [0.29, 0.717) is 24.4 Å². The van der Waals surface area contributed by atoms with Crippen LogP contribution in [0.2, 0.25) is 0 Å². The Morgan fingerprint density at radius 3 is 2.12 bits per heavy atom. The molecular weight excluding hydrogens is 338 g/mol. The van der Waals surface area contributed by atoms with Crippen LogP contribution in [0.3, 0.4) is 0 Å². The monoisotopic (exact) mass is 365 g/mol. The molecule has 0 aliphatic carbocycles. The van der Waals surface area contributed by atoms with Gasteiger partial charge in [-0.1, -0.05) is 0 Å². The summed E-state index contributed by atoms with van der Waals surface area (Å²) in [7, 11) is 1.56. The lowest BCUT2D eigenvalue weighted by molar-refractivity contribution is -0.120. The Bertz CT molecular complexity index is 608. The van der Waals surface area contributed by atoms with Gasteiger partial charge < -0.3 is 25.4 Å². The Labute approximate surface area is 153 Å². The molecule has 1 aromatic carbocycles. The van der Waals surface area contributed by atoms with Crippen molar-refractivity contribution in [3.63, 3.8) is 0 Å². The number of ether oxygens (including phenoxy) is 2. The highest BCUT2D eigenvalue weighted by Gasteiger charge is 2.15. The summed E-state index contributed by atoms with van der Waals surface area (Å²) in [5.41, 5.74) is -0.0623. The topological polar surface area (TPSA) is 106 Å². The first kappa shape index (κ1) is 21.3. The van der Waals surface area contributed by atoms with Gasteiger partial charge in [0.05, 0.1) is 7.11 Å². The summed E-state index contributed by atoms with van der Waals surface area (Å²) in [4.78, 5) is 35.0. The predicted octanol–water partition coefficient (Wildman–Crippen LogP) is 1.46. The van der Waals surface area contributed by atoms with Crippen molar-refractivity contribution in [2.75, 3.05) is 26.7 Å². The van der Waals surface area contributed by atoms with Crippen molar-refractivity contribution >= 4 is 17.9 Å². The second-order valence-electron chi connectivity index (χ2n) is 6.51. The highest BCUT2D eigenvalue weighted by molar-refractivity contribution is 5.94. The molecule has 0 saturated heterocycles. The molecule has 0 saturated carbocycles. The Morgan fingerprint density at radius 1 is 0.923 bits per heavy atom. The SMILES string of the molecule is COc1ccc(C(=O)NCCNC(=O)CCNC(=O)OC(C)(C)C)cc1. The number of alkyl carbamates (subject to hydrolysis) is 1. The van der Waals surface area contributed by atoms with Crippen LogP contribution in [0.4, 0.5) is 4.79 Å². The largest absolute Gasteiger partial charge is 0.497 e. The van der Waals surface area contributed by atoms with Gasteiger partial charge in [0.1, 0.15) is 11.4 Å². The van der Waals surface area contributed by atoms with Gasteiger partial charge in [0.15, 0.2) is 0 Å². The molecule has 0 fully saturated rings. The Kier molecular flexibility index (Phi) is 8.41. The van der Waals surface area contributed by atoms with Crippen molar-refractivity contribution in [3.05, 3.63) is 29.8 Å². The van der Waals surface area contributed by atoms with Crippen molar-refractivity contribution in [2.24, 2.45) is 0 Å². The van der Waals surface area contributed by atoms with E-state index in [0.717, 1.165) is 0 Å². The minimum atomic E-state index is -0.575. The third-order valence-corrected chi connectivity index (χ3v) is 3.11. The lowest BCUT2D eigenvalue weighted by Crippen LogP contribution is -2.37. The van der Waals surface area contributed by atoms with Gasteiger partial charge in [0.2, 0.25) is 5.91 Å². The van der Waals surface area contributed by atoms with E-state index < -0.39 is 11.7 Å². The van der Waals surface area contributed by atoms with Crippen LogP contribution in [0.1, 0.15) is 37.6 Å². The van der Waals surface area contributed by atoms with E-state index in [1.807, 2.05) is 0 Å². The van der Waals surface area contributed by atoms with Crippen LogP contribution in [0.5, 0.6) is 5.75 Å². The van der Waals surface area contributed by atoms with E-state index in [4.69, 9.17) is 9.47 Å². The molecule has 26 heavy (non-hydrogen) atoms. The van der Waals surface area contributed by atoms with Gasteiger partial charge in [-0.05, 0) is 45.0 Å². The summed E-state index contributed by atoms with van der Waals surface area (Å²) >= 11 is 0. The lowest BCUT2D eigenvalue weighted by atomic mass is 10.2. The third-order valence-electron chi connectivity index (χ3n) is 3.11. The van der Waals surface area contributed by atoms with Crippen LogP contribution in [-0.2, 0) is 9.53 Å². The molecule has 1 rings (SSSR count). The molecule has 3 N–H and O–H groups in total. The number of methoxy groups -OCH3 is 1. The van der Waals surface area contributed by atoms with Crippen molar-refractivity contribution in [1.82, 2.24) is 16.0 Å². The first-order valence-electron chi connectivity index (χ1n) is 8.37. The molecule has 0 radical (unpaired) electrons. The molecular formula is C18H27N3O5. The van der Waals surface area contributed by atoms with Crippen LogP contribution < -0.4 is 20.7 Å². The predicted molar refractivity (Wildman–Crippen MR) is 97.2 cm³/mol. The lowest BCUT2D eigenvalue weighted by Gasteiger charge is -2.19. The minimum absolute atomic E-state index is 0.131. The summed E-state index contributed by atoms with van der Waals surface area (Å²) in [5, 5.41) is 7.88. The molecule has 0 atom stereocenters. The maximum absolute atomic E-state index is 11.9. The zero-order chi connectivity index (χ0) is 19.6. The molecule has 0 aromatic heterocycles. The first-order valence-corrected chi connectivity index (χ1v) is 8.37. The van der Waals surface area contributed by atoms with Crippen LogP contribution in [-0.4, -0.2) is 50.3 Å². The first-order chi connectivity index (χ1) is 12.2. The number of rotatable bonds is 8. The normalized spacial score (nSPS) is 10.6. The van der Waals surface area contributed by atoms with Gasteiger partial charge in [0.25, 0.3) is 5.91 Å². The molecule has 8 heteroatoms. The molecule has 0 heterocycles. The zero-order valence-corrected chi connectivity index (χ0v) is 15.7. The van der Waals surface area contributed by atoms with Crippen molar-refractivity contribution in [2.45, 2.75) is 32.8 Å². The summed E-state index contributed by atoms with van der Waals surface area (Å²) < 4.78 is 10.1. The molecule has 1 aromatic rings. The number of hydrogen-bond donors (Lipinski definition) is 3. The third kappa shape index (κ3) is 8.91. The number of benzene rings is 1. The maximum atomic E-state index is 11.9. The number of amides is 3. The van der Waals surface area contributed by atoms with E-state index >= 15 is 0 Å². The molecule has 0 bridgehead atoms. The van der Waals surface area contributed by atoms with Gasteiger partial charge in [-0.3, -0.25) is 9.59 Å². The fourth-order valence-corrected chi connectivity index (χ4v) is 1.90. The van der Waals surface area contributed by atoms with Crippen LogP contribution in [0.25, 0.3) is 0 Å². The summed E-state index contributed by atoms with van der Waals surface area (Å²) in [6.45, 7) is 6.07. The molecule has 0 aliphatic rings. The molecule has 0 spiro atoms. The zero-order valence-electron chi connectivity index (χ0n) is 15.7. The second-order valence-corrected chi connectivity index (χ2v) is 6.51. The quantitative estimate of drug-likeness (QED) is 0.605. The van der Waals surface area contributed by atoms with E-state index in [2.05, 4.69) is 16.0 Å². The standard InChI is InChI=1S/C18H27N3O5/c1-18(2,3)26-17(24)21-10-9-15(22)19-11-12-20-16(23)13-5-7-14(25-4)8-6-13/h5-8H,9-12H2,1-4H3,(H,19,22)(H,20,23)(H,21,24). The summed E-state index contributed by atoms with van der Waals surface area (Å²) in [6, 6.07) is 6.73. The average molecular weight is 365 g/mol. The smallest absolute Gasteiger partial charge is 0.407 e. The van der Waals surface area contributed by atoms with Gasteiger partial charge in [0, 0.05) is 31.6 Å². The number of hydrogen-bond acceptors (Lipinski definition) is 5. The molecule has 3 amide bonds. The molecule has 144 valence electrons. The van der Waals surface area contributed by atoms with Crippen molar-refractivity contribution in [3.8, 4) is 5.75 Å². The van der Waals surface area contributed by atoms with Crippen LogP contribution in [0, 0.1) is 0 Å². The van der Waals surface area contributed by atoms with Gasteiger partial charge in [-0.25, -0.2) is 4.79 Å². The second kappa shape index (κ2) is 10.3. The van der Waals surface area contributed by atoms with E-state index in [9.17, 15) is 14.4 Å². The summed E-state index contributed by atoms with van der Waals surface area (Å²) in [6.07, 6.45) is -0.428. The highest BCUT2D eigenvalue weighted by Crippen LogP contribution is 2.10. The average Bonchev–Trinajstić information content (AvgIpc) is 2.57. The number of carbonyl (C=O) groups is 3. The van der Waals surface area contributed by atoms with Crippen molar-refractivity contribution < 1.29 is 23.9 Å². The van der Waals surface area contributed by atoms with Crippen LogP contribution in [0.15, 0.2) is 24.3 Å². The van der Waals surface area contributed by atoms with Crippen molar-refractivity contribution in [1.29, 1.82) is 0 Å². The van der Waals surface area contributed by atoms with Gasteiger partial charge in [-0.2, -0.15) is 0 Å². The van der Waals surface area contributed by atoms with Gasteiger partial charge >= 0.3 is 6.09 Å². The summed E-state index contributed by atoms with van der Waals surface area (Å²) in [5.74, 6) is 0.224. The number of carbonyl (C=O) groups excluding carboxylic acids is 3. The van der Waals surface area contributed by atoms with E-state index in [1.54, 1.807) is 52.1 Å². The Morgan fingerprint density at radius 2 is 1.54 bits per heavy atom. The Hall–Kier alpha value is -2.77. The Balaban J connectivity index is 2.15. The minimum Gasteiger partial charge on any atom is -0.497 e. The van der Waals surface area contributed by atoms with Gasteiger partial charge in [-0.15, -0.1) is 0 Å².